The number of aromatic carboxylic acids is 1. The van der Waals surface area contributed by atoms with Gasteiger partial charge in [-0.15, -0.1) is 0 Å². The fourth-order valence-corrected chi connectivity index (χ4v) is 2.93. The summed E-state index contributed by atoms with van der Waals surface area (Å²) in [6.07, 6.45) is 2.58. The van der Waals surface area contributed by atoms with Crippen LogP contribution in [0.2, 0.25) is 0 Å². The van der Waals surface area contributed by atoms with Gasteiger partial charge in [0.25, 0.3) is 0 Å². The number of carboxylic acid groups (broad SMARTS) is 1. The van der Waals surface area contributed by atoms with Gasteiger partial charge >= 0.3 is 12.1 Å². The Bertz CT molecular complexity index is 785. The molecule has 27 heavy (non-hydrogen) atoms. The van der Waals surface area contributed by atoms with Crippen LogP contribution in [0.3, 0.4) is 0 Å². The quantitative estimate of drug-likeness (QED) is 0.757. The lowest BCUT2D eigenvalue weighted by molar-refractivity contribution is 0.0696. The molecule has 2 aromatic rings. The van der Waals surface area contributed by atoms with Gasteiger partial charge in [0.1, 0.15) is 12.4 Å². The molecule has 0 saturated carbocycles. The second-order valence-corrected chi connectivity index (χ2v) is 6.53. The summed E-state index contributed by atoms with van der Waals surface area (Å²) in [7, 11) is 0. The highest BCUT2D eigenvalue weighted by molar-refractivity contribution is 5.89. The third-order valence-corrected chi connectivity index (χ3v) is 4.48. The lowest BCUT2D eigenvalue weighted by atomic mass is 10.1. The summed E-state index contributed by atoms with van der Waals surface area (Å²) in [6, 6.07) is 14.1. The Hall–Kier alpha value is -3.02. The van der Waals surface area contributed by atoms with Crippen LogP contribution in [0.25, 0.3) is 0 Å². The number of anilines is 1. The molecule has 1 unspecified atom stereocenters. The first-order chi connectivity index (χ1) is 13.1. The Labute approximate surface area is 158 Å². The molecule has 0 bridgehead atoms. The number of carboxylic acids is 1. The molecule has 1 heterocycles. The maximum Gasteiger partial charge on any atom is 0.414 e. The summed E-state index contributed by atoms with van der Waals surface area (Å²) in [4.78, 5) is 24.6. The number of hydrogen-bond donors (Lipinski definition) is 1. The van der Waals surface area contributed by atoms with E-state index in [4.69, 9.17) is 14.6 Å². The number of benzene rings is 2. The van der Waals surface area contributed by atoms with Gasteiger partial charge in [0.2, 0.25) is 0 Å². The highest BCUT2D eigenvalue weighted by Crippen LogP contribution is 2.23. The average Bonchev–Trinajstić information content (AvgIpc) is 3.06. The minimum absolute atomic E-state index is 0.197. The largest absolute Gasteiger partial charge is 0.490 e. The van der Waals surface area contributed by atoms with Gasteiger partial charge < -0.3 is 14.6 Å². The first-order valence-electron chi connectivity index (χ1n) is 9.10. The van der Waals surface area contributed by atoms with E-state index in [0.29, 0.717) is 12.3 Å². The SMILES string of the molecule is CCCCc1ccc(N2CC(COc3ccc(C(=O)O)cc3)OC2=O)cc1. The van der Waals surface area contributed by atoms with Crippen molar-refractivity contribution < 1.29 is 24.2 Å². The number of aryl methyl sites for hydroxylation is 1. The molecule has 3 rings (SSSR count). The number of rotatable bonds is 8. The third-order valence-electron chi connectivity index (χ3n) is 4.48. The lowest BCUT2D eigenvalue weighted by Crippen LogP contribution is -2.26. The topological polar surface area (TPSA) is 76.1 Å². The summed E-state index contributed by atoms with van der Waals surface area (Å²) in [5.74, 6) is -0.447. The molecule has 1 aliphatic rings. The highest BCUT2D eigenvalue weighted by Gasteiger charge is 2.32. The van der Waals surface area contributed by atoms with Crippen LogP contribution in [-0.4, -0.2) is 36.4 Å². The van der Waals surface area contributed by atoms with Crippen LogP contribution in [0.4, 0.5) is 10.5 Å². The van der Waals surface area contributed by atoms with Crippen molar-refractivity contribution in [3.8, 4) is 5.75 Å². The minimum atomic E-state index is -0.984. The maximum atomic E-state index is 12.2. The van der Waals surface area contributed by atoms with Gasteiger partial charge in [-0.1, -0.05) is 25.5 Å². The number of carbonyl (C=O) groups excluding carboxylic acids is 1. The summed E-state index contributed by atoms with van der Waals surface area (Å²) in [5, 5.41) is 8.90. The fourth-order valence-electron chi connectivity index (χ4n) is 2.93. The van der Waals surface area contributed by atoms with Gasteiger partial charge in [0, 0.05) is 5.69 Å². The van der Waals surface area contributed by atoms with Crippen molar-refractivity contribution in [2.24, 2.45) is 0 Å². The molecule has 6 heteroatoms. The van der Waals surface area contributed by atoms with Crippen LogP contribution < -0.4 is 9.64 Å². The number of nitrogens with zero attached hydrogens (tertiary/aromatic N) is 1. The fraction of sp³-hybridized carbons (Fsp3) is 0.333. The summed E-state index contributed by atoms with van der Waals surface area (Å²) >= 11 is 0. The monoisotopic (exact) mass is 369 g/mol. The molecule has 2 aromatic carbocycles. The normalized spacial score (nSPS) is 16.3. The smallest absolute Gasteiger partial charge is 0.414 e. The zero-order valence-corrected chi connectivity index (χ0v) is 15.3. The molecule has 1 fully saturated rings. The van der Waals surface area contributed by atoms with Crippen LogP contribution in [-0.2, 0) is 11.2 Å². The Kier molecular flexibility index (Phi) is 5.96. The van der Waals surface area contributed by atoms with Gasteiger partial charge in [0.05, 0.1) is 12.1 Å². The molecule has 1 amide bonds. The van der Waals surface area contributed by atoms with E-state index < -0.39 is 5.97 Å². The molecule has 142 valence electrons. The second-order valence-electron chi connectivity index (χ2n) is 6.53. The van der Waals surface area contributed by atoms with Gasteiger partial charge in [-0.25, -0.2) is 9.59 Å². The predicted molar refractivity (Wildman–Crippen MR) is 102 cm³/mol. The summed E-state index contributed by atoms with van der Waals surface area (Å²) < 4.78 is 11.0. The van der Waals surface area contributed by atoms with Gasteiger partial charge in [-0.05, 0) is 54.8 Å². The molecular formula is C21H23NO5. The molecule has 0 radical (unpaired) electrons. The van der Waals surface area contributed by atoms with Crippen LogP contribution in [0.15, 0.2) is 48.5 Å². The third kappa shape index (κ3) is 4.78. The molecule has 6 nitrogen and oxygen atoms in total. The molecule has 1 saturated heterocycles. The molecule has 0 aromatic heterocycles. The Morgan fingerprint density at radius 3 is 2.52 bits per heavy atom. The van der Waals surface area contributed by atoms with Crippen molar-refractivity contribution in [1.29, 1.82) is 0 Å². The molecule has 1 atom stereocenters. The Morgan fingerprint density at radius 1 is 1.19 bits per heavy atom. The standard InChI is InChI=1S/C21H23NO5/c1-2-3-4-15-5-9-17(10-6-15)22-13-19(27-21(22)25)14-26-18-11-7-16(8-12-18)20(23)24/h5-12,19H,2-4,13-14H2,1H3,(H,23,24). The van der Waals surface area contributed by atoms with E-state index in [9.17, 15) is 9.59 Å². The number of cyclic esters (lactones) is 1. The van der Waals surface area contributed by atoms with E-state index in [0.717, 1.165) is 24.9 Å². The van der Waals surface area contributed by atoms with E-state index in [1.165, 1.54) is 17.7 Å². The Morgan fingerprint density at radius 2 is 1.89 bits per heavy atom. The zero-order valence-electron chi connectivity index (χ0n) is 15.3. The van der Waals surface area contributed by atoms with Crippen molar-refractivity contribution >= 4 is 17.7 Å². The van der Waals surface area contributed by atoms with Crippen LogP contribution in [0, 0.1) is 0 Å². The maximum absolute atomic E-state index is 12.2. The highest BCUT2D eigenvalue weighted by atomic mass is 16.6. The molecule has 0 aliphatic carbocycles. The van der Waals surface area contributed by atoms with E-state index in [1.54, 1.807) is 17.0 Å². The molecule has 0 spiro atoms. The number of unbranched alkanes of at least 4 members (excludes halogenated alkanes) is 1. The summed E-state index contributed by atoms with van der Waals surface area (Å²) in [5.41, 5.74) is 2.27. The van der Waals surface area contributed by atoms with Crippen LogP contribution >= 0.6 is 0 Å². The number of amides is 1. The summed E-state index contributed by atoms with van der Waals surface area (Å²) in [6.45, 7) is 2.79. The first kappa shape index (κ1) is 18.8. The van der Waals surface area contributed by atoms with Crippen LogP contribution in [0.5, 0.6) is 5.75 Å². The predicted octanol–water partition coefficient (Wildman–Crippen LogP) is 4.13. The van der Waals surface area contributed by atoms with Gasteiger partial charge in [-0.3, -0.25) is 4.90 Å². The molecule has 1 aliphatic heterocycles. The average molecular weight is 369 g/mol. The van der Waals surface area contributed by atoms with Crippen molar-refractivity contribution in [3.63, 3.8) is 0 Å². The Balaban J connectivity index is 1.54. The van der Waals surface area contributed by atoms with E-state index in [1.807, 2.05) is 24.3 Å². The molecule has 1 N–H and O–H groups in total. The minimum Gasteiger partial charge on any atom is -0.490 e. The van der Waals surface area contributed by atoms with Crippen LogP contribution in [0.1, 0.15) is 35.7 Å². The van der Waals surface area contributed by atoms with Gasteiger partial charge in [0.15, 0.2) is 6.10 Å². The first-order valence-corrected chi connectivity index (χ1v) is 9.10. The van der Waals surface area contributed by atoms with Crippen molar-refractivity contribution in [3.05, 3.63) is 59.7 Å². The molecular weight excluding hydrogens is 346 g/mol. The van der Waals surface area contributed by atoms with Crippen molar-refractivity contribution in [2.45, 2.75) is 32.3 Å². The van der Waals surface area contributed by atoms with Gasteiger partial charge in [-0.2, -0.15) is 0 Å². The van der Waals surface area contributed by atoms with Crippen molar-refractivity contribution in [1.82, 2.24) is 0 Å². The lowest BCUT2D eigenvalue weighted by Gasteiger charge is -2.14. The number of ether oxygens (including phenoxy) is 2. The number of carbonyl (C=O) groups is 2. The second kappa shape index (κ2) is 8.58. The van der Waals surface area contributed by atoms with E-state index >= 15 is 0 Å². The van der Waals surface area contributed by atoms with Crippen molar-refractivity contribution in [2.75, 3.05) is 18.1 Å². The zero-order chi connectivity index (χ0) is 19.2. The van der Waals surface area contributed by atoms with E-state index in [2.05, 4.69) is 6.92 Å². The van der Waals surface area contributed by atoms with E-state index in [-0.39, 0.29) is 24.4 Å². The number of hydrogen-bond acceptors (Lipinski definition) is 4.